The standard InChI is InChI=1S/C37H71N2O6P/c1-3-5-7-9-11-13-15-16-17-18-19-21-22-24-26-28-30-36(40)35(34-45-46(42,43)44-33-32-38)39-37(41)31-29-27-25-23-20-14-12-10-8-6-4-2/h16-17,21-22,28,30,35-36,40H,3-15,18-20,23-27,29,31-34,38H2,1-2H3,(H,39,41)(H,42,43)/b17-16+,22-21+,30-28+. The van der Waals surface area contributed by atoms with Gasteiger partial charge in [-0.05, 0) is 44.9 Å². The van der Waals surface area contributed by atoms with Crippen LogP contribution < -0.4 is 11.1 Å². The molecule has 0 aliphatic rings. The Hall–Kier alpha value is -1.28. The van der Waals surface area contributed by atoms with Gasteiger partial charge in [0.25, 0.3) is 0 Å². The Morgan fingerprint density at radius 1 is 0.696 bits per heavy atom. The lowest BCUT2D eigenvalue weighted by Crippen LogP contribution is -2.45. The van der Waals surface area contributed by atoms with Gasteiger partial charge in [0.2, 0.25) is 5.91 Å². The van der Waals surface area contributed by atoms with Gasteiger partial charge in [0.15, 0.2) is 0 Å². The van der Waals surface area contributed by atoms with E-state index in [1.165, 1.54) is 96.3 Å². The molecule has 46 heavy (non-hydrogen) atoms. The molecule has 1 amide bonds. The molecule has 9 heteroatoms. The van der Waals surface area contributed by atoms with Crippen LogP contribution in [0.3, 0.4) is 0 Å². The van der Waals surface area contributed by atoms with Gasteiger partial charge in [0, 0.05) is 13.0 Å². The Kier molecular flexibility index (Phi) is 32.7. The van der Waals surface area contributed by atoms with Crippen molar-refractivity contribution in [1.29, 1.82) is 0 Å². The van der Waals surface area contributed by atoms with Crippen LogP contribution in [0.5, 0.6) is 0 Å². The highest BCUT2D eigenvalue weighted by Gasteiger charge is 2.26. The topological polar surface area (TPSA) is 131 Å². The molecule has 0 bridgehead atoms. The number of aliphatic hydroxyl groups is 1. The summed E-state index contributed by atoms with van der Waals surface area (Å²) in [5.74, 6) is -0.212. The number of phosphoric ester groups is 1. The molecule has 0 aromatic carbocycles. The zero-order valence-electron chi connectivity index (χ0n) is 29.6. The first-order valence-corrected chi connectivity index (χ1v) is 20.1. The maximum Gasteiger partial charge on any atom is 0.472 e. The maximum atomic E-state index is 12.6. The number of rotatable bonds is 34. The lowest BCUT2D eigenvalue weighted by molar-refractivity contribution is -0.123. The summed E-state index contributed by atoms with van der Waals surface area (Å²) >= 11 is 0. The van der Waals surface area contributed by atoms with Crippen molar-refractivity contribution in [2.75, 3.05) is 19.8 Å². The maximum absolute atomic E-state index is 12.6. The van der Waals surface area contributed by atoms with E-state index in [0.29, 0.717) is 6.42 Å². The largest absolute Gasteiger partial charge is 0.472 e. The second-order valence-corrected chi connectivity index (χ2v) is 13.9. The molecule has 3 unspecified atom stereocenters. The summed E-state index contributed by atoms with van der Waals surface area (Å²) in [6.45, 7) is 4.06. The number of nitrogens with two attached hydrogens (primary N) is 1. The number of carbonyl (C=O) groups is 1. The van der Waals surface area contributed by atoms with E-state index in [-0.39, 0.29) is 25.7 Å². The summed E-state index contributed by atoms with van der Waals surface area (Å²) < 4.78 is 22.0. The van der Waals surface area contributed by atoms with Crippen LogP contribution in [0.15, 0.2) is 36.5 Å². The van der Waals surface area contributed by atoms with E-state index in [4.69, 9.17) is 14.8 Å². The average Bonchev–Trinajstić information content (AvgIpc) is 3.04. The number of unbranched alkanes of at least 4 members (excludes halogenated alkanes) is 18. The average molecular weight is 671 g/mol. The Morgan fingerprint density at radius 2 is 1.15 bits per heavy atom. The molecule has 5 N–H and O–H groups in total. The van der Waals surface area contributed by atoms with E-state index in [1.54, 1.807) is 6.08 Å². The van der Waals surface area contributed by atoms with Crippen molar-refractivity contribution in [2.45, 2.75) is 174 Å². The first kappa shape index (κ1) is 44.7. The summed E-state index contributed by atoms with van der Waals surface area (Å²) in [6, 6.07) is -0.878. The highest BCUT2D eigenvalue weighted by molar-refractivity contribution is 7.47. The second-order valence-electron chi connectivity index (χ2n) is 12.4. The molecule has 0 aliphatic carbocycles. The monoisotopic (exact) mass is 671 g/mol. The smallest absolute Gasteiger partial charge is 0.387 e. The number of amides is 1. The van der Waals surface area contributed by atoms with Crippen LogP contribution in [-0.2, 0) is 18.4 Å². The lowest BCUT2D eigenvalue weighted by Gasteiger charge is -2.23. The van der Waals surface area contributed by atoms with Gasteiger partial charge in [-0.15, -0.1) is 0 Å². The van der Waals surface area contributed by atoms with Gasteiger partial charge in [-0.3, -0.25) is 13.8 Å². The molecule has 8 nitrogen and oxygen atoms in total. The van der Waals surface area contributed by atoms with Gasteiger partial charge in [-0.1, -0.05) is 147 Å². The number of aliphatic hydroxyl groups excluding tert-OH is 1. The van der Waals surface area contributed by atoms with Crippen molar-refractivity contribution in [1.82, 2.24) is 5.32 Å². The van der Waals surface area contributed by atoms with Crippen LogP contribution in [0.1, 0.15) is 162 Å². The van der Waals surface area contributed by atoms with Gasteiger partial charge in [-0.2, -0.15) is 0 Å². The molecule has 0 rings (SSSR count). The van der Waals surface area contributed by atoms with Crippen LogP contribution in [0.25, 0.3) is 0 Å². The SMILES string of the molecule is CCCCCCCC/C=C/CC/C=C/CC/C=C/C(O)C(COP(=O)(O)OCCN)NC(=O)CCCCCCCCCCCCC. The van der Waals surface area contributed by atoms with Crippen LogP contribution >= 0.6 is 7.82 Å². The first-order chi connectivity index (χ1) is 22.4. The minimum atomic E-state index is -4.34. The Morgan fingerprint density at radius 3 is 1.67 bits per heavy atom. The van der Waals surface area contributed by atoms with Crippen LogP contribution in [0.2, 0.25) is 0 Å². The van der Waals surface area contributed by atoms with Gasteiger partial charge < -0.3 is 21.1 Å². The quantitative estimate of drug-likeness (QED) is 0.0305. The summed E-state index contributed by atoms with van der Waals surface area (Å²) in [4.78, 5) is 22.5. The fraction of sp³-hybridized carbons (Fsp3) is 0.811. The molecule has 0 radical (unpaired) electrons. The van der Waals surface area contributed by atoms with E-state index >= 15 is 0 Å². The Balaban J connectivity index is 4.42. The molecular formula is C37H71N2O6P. The first-order valence-electron chi connectivity index (χ1n) is 18.6. The molecule has 0 saturated heterocycles. The number of nitrogens with one attached hydrogen (secondary N) is 1. The number of hydrogen-bond acceptors (Lipinski definition) is 6. The van der Waals surface area contributed by atoms with E-state index in [2.05, 4.69) is 43.5 Å². The van der Waals surface area contributed by atoms with Crippen molar-refractivity contribution in [3.63, 3.8) is 0 Å². The molecular weight excluding hydrogens is 599 g/mol. The van der Waals surface area contributed by atoms with Crippen molar-refractivity contribution in [3.05, 3.63) is 36.5 Å². The van der Waals surface area contributed by atoms with Gasteiger partial charge in [-0.25, -0.2) is 4.57 Å². The number of allylic oxidation sites excluding steroid dienone is 5. The van der Waals surface area contributed by atoms with E-state index in [9.17, 15) is 19.4 Å². The predicted octanol–water partition coefficient (Wildman–Crippen LogP) is 9.61. The third kappa shape index (κ3) is 31.3. The summed E-state index contributed by atoms with van der Waals surface area (Å²) in [7, 11) is -4.34. The molecule has 0 saturated carbocycles. The number of carbonyl (C=O) groups excluding carboxylic acids is 1. The molecule has 3 atom stereocenters. The molecule has 0 aliphatic heterocycles. The van der Waals surface area contributed by atoms with Crippen molar-refractivity contribution in [3.8, 4) is 0 Å². The second kappa shape index (κ2) is 33.6. The van der Waals surface area contributed by atoms with E-state index in [0.717, 1.165) is 44.9 Å². The third-order valence-electron chi connectivity index (χ3n) is 7.95. The minimum absolute atomic E-state index is 0.0722. The van der Waals surface area contributed by atoms with E-state index in [1.807, 2.05) is 6.08 Å². The van der Waals surface area contributed by atoms with Crippen molar-refractivity contribution < 1.29 is 28.4 Å². The van der Waals surface area contributed by atoms with Crippen molar-refractivity contribution >= 4 is 13.7 Å². The summed E-state index contributed by atoms with van der Waals surface area (Å²) in [5, 5.41) is 13.6. The van der Waals surface area contributed by atoms with Crippen LogP contribution in [0.4, 0.5) is 0 Å². The fourth-order valence-electron chi connectivity index (χ4n) is 5.10. The molecule has 0 fully saturated rings. The highest BCUT2D eigenvalue weighted by Crippen LogP contribution is 2.43. The number of phosphoric acid groups is 1. The molecule has 0 spiro atoms. The van der Waals surface area contributed by atoms with Crippen LogP contribution in [-0.4, -0.2) is 47.8 Å². The lowest BCUT2D eigenvalue weighted by atomic mass is 10.0. The minimum Gasteiger partial charge on any atom is -0.387 e. The third-order valence-corrected chi connectivity index (χ3v) is 8.93. The molecule has 0 aromatic rings. The zero-order chi connectivity index (χ0) is 34.0. The van der Waals surface area contributed by atoms with E-state index < -0.39 is 20.0 Å². The fourth-order valence-corrected chi connectivity index (χ4v) is 5.86. The Bertz CT molecular complexity index is 820. The summed E-state index contributed by atoms with van der Waals surface area (Å²) in [6.07, 6.45) is 37.6. The molecule has 0 heterocycles. The van der Waals surface area contributed by atoms with Crippen molar-refractivity contribution in [2.24, 2.45) is 5.73 Å². The van der Waals surface area contributed by atoms with Gasteiger partial charge >= 0.3 is 7.82 Å². The number of hydrogen-bond donors (Lipinski definition) is 4. The molecule has 0 aromatic heterocycles. The van der Waals surface area contributed by atoms with Crippen LogP contribution in [0, 0.1) is 0 Å². The normalized spacial score (nSPS) is 14.8. The predicted molar refractivity (Wildman–Crippen MR) is 194 cm³/mol. The molecule has 270 valence electrons. The van der Waals surface area contributed by atoms with Gasteiger partial charge in [0.1, 0.15) is 0 Å². The summed E-state index contributed by atoms with van der Waals surface area (Å²) in [5.41, 5.74) is 5.34. The Labute approximate surface area is 282 Å². The van der Waals surface area contributed by atoms with Gasteiger partial charge in [0.05, 0.1) is 25.4 Å². The highest BCUT2D eigenvalue weighted by atomic mass is 31.2. The zero-order valence-corrected chi connectivity index (χ0v) is 30.4.